The van der Waals surface area contributed by atoms with E-state index in [1.54, 1.807) is 0 Å². The number of benzene rings is 1. The fraction of sp³-hybridized carbons (Fsp3) is 0.357. The third-order valence-corrected chi connectivity index (χ3v) is 3.76. The molecule has 6 heteroatoms. The smallest absolute Gasteiger partial charge is 0.398 e. The van der Waals surface area contributed by atoms with E-state index in [1.807, 2.05) is 26.2 Å². The Bertz CT molecular complexity index is 624. The molecule has 1 aromatic carbocycles. The molecule has 2 N–H and O–H groups in total. The number of thiazole rings is 1. The van der Waals surface area contributed by atoms with E-state index in [-0.39, 0.29) is 11.1 Å². The third-order valence-electron chi connectivity index (χ3n) is 2.88. The Morgan fingerprint density at radius 1 is 1.15 bits per heavy atom. The molecule has 0 aliphatic rings. The molecule has 0 aliphatic carbocycles. The second-order valence-electron chi connectivity index (χ2n) is 5.59. The highest BCUT2D eigenvalue weighted by molar-refractivity contribution is 7.13. The Morgan fingerprint density at radius 3 is 2.25 bits per heavy atom. The van der Waals surface area contributed by atoms with Crippen molar-refractivity contribution in [3.05, 3.63) is 34.8 Å². The van der Waals surface area contributed by atoms with Gasteiger partial charge in [0.05, 0.1) is 11.3 Å². The van der Waals surface area contributed by atoms with Crippen molar-refractivity contribution in [1.82, 2.24) is 4.98 Å². The van der Waals surface area contributed by atoms with Gasteiger partial charge in [0.15, 0.2) is 0 Å². The van der Waals surface area contributed by atoms with Crippen molar-refractivity contribution in [1.29, 1.82) is 0 Å². The van der Waals surface area contributed by atoms with Gasteiger partial charge in [0.25, 0.3) is 0 Å². The van der Waals surface area contributed by atoms with Gasteiger partial charge in [-0.15, -0.1) is 11.3 Å². The molecule has 0 saturated heterocycles. The number of nitrogens with two attached hydrogens (primary N) is 1. The quantitative estimate of drug-likeness (QED) is 0.775. The highest BCUT2D eigenvalue weighted by Gasteiger charge is 2.31. The van der Waals surface area contributed by atoms with Crippen LogP contribution in [0.25, 0.3) is 10.6 Å². The van der Waals surface area contributed by atoms with E-state index in [2.05, 4.69) is 4.98 Å². The summed E-state index contributed by atoms with van der Waals surface area (Å²) in [4.78, 5) is 4.46. The van der Waals surface area contributed by atoms with Crippen molar-refractivity contribution in [3.63, 3.8) is 0 Å². The molecule has 0 amide bonds. The molecule has 2 rings (SSSR count). The van der Waals surface area contributed by atoms with Gasteiger partial charge in [-0.25, -0.2) is 4.98 Å². The van der Waals surface area contributed by atoms with Gasteiger partial charge in [-0.05, 0) is 18.2 Å². The zero-order valence-corrected chi connectivity index (χ0v) is 12.2. The number of hydrogen-bond acceptors (Lipinski definition) is 3. The molecule has 2 nitrogen and oxygen atoms in total. The number of halogens is 3. The molecule has 1 heterocycles. The third kappa shape index (κ3) is 2.95. The van der Waals surface area contributed by atoms with Crippen molar-refractivity contribution in [3.8, 4) is 10.6 Å². The van der Waals surface area contributed by atoms with E-state index in [0.717, 1.165) is 17.8 Å². The lowest BCUT2D eigenvalue weighted by Gasteiger charge is -2.14. The van der Waals surface area contributed by atoms with Crippen LogP contribution in [-0.4, -0.2) is 4.98 Å². The molecule has 1 aromatic heterocycles. The van der Waals surface area contributed by atoms with E-state index in [4.69, 9.17) is 5.73 Å². The van der Waals surface area contributed by atoms with Crippen LogP contribution in [0.5, 0.6) is 0 Å². The summed E-state index contributed by atoms with van der Waals surface area (Å²) in [6.07, 6.45) is -4.38. The van der Waals surface area contributed by atoms with Crippen molar-refractivity contribution >= 4 is 17.0 Å². The Morgan fingerprint density at radius 2 is 1.80 bits per heavy atom. The van der Waals surface area contributed by atoms with E-state index in [0.29, 0.717) is 10.6 Å². The maximum absolute atomic E-state index is 12.6. The van der Waals surface area contributed by atoms with Crippen LogP contribution >= 0.6 is 11.3 Å². The van der Waals surface area contributed by atoms with Crippen LogP contribution in [-0.2, 0) is 11.6 Å². The molecule has 0 bridgehead atoms. The number of anilines is 1. The summed E-state index contributed by atoms with van der Waals surface area (Å²) in [7, 11) is 0. The SMILES string of the molecule is CC(C)(C)c1csc(-c2ccc(C(F)(F)F)cc2N)n1. The van der Waals surface area contributed by atoms with Gasteiger partial charge in [0, 0.05) is 22.0 Å². The molecule has 0 aliphatic heterocycles. The summed E-state index contributed by atoms with van der Waals surface area (Å²) >= 11 is 1.38. The molecule has 0 radical (unpaired) electrons. The minimum absolute atomic E-state index is 0.0923. The average molecular weight is 300 g/mol. The largest absolute Gasteiger partial charge is 0.416 e. The number of nitrogens with zero attached hydrogens (tertiary/aromatic N) is 1. The van der Waals surface area contributed by atoms with Crippen LogP contribution in [0.1, 0.15) is 32.0 Å². The topological polar surface area (TPSA) is 38.9 Å². The minimum Gasteiger partial charge on any atom is -0.398 e. The standard InChI is InChI=1S/C14H15F3N2S/c1-13(2,3)11-7-20-12(19-11)9-5-4-8(6-10(9)18)14(15,16)17/h4-7H,18H2,1-3H3. The van der Waals surface area contributed by atoms with Crippen LogP contribution in [0.3, 0.4) is 0 Å². The van der Waals surface area contributed by atoms with E-state index < -0.39 is 11.7 Å². The Hall–Kier alpha value is -1.56. The van der Waals surface area contributed by atoms with Gasteiger partial charge in [-0.2, -0.15) is 13.2 Å². The minimum atomic E-state index is -4.38. The number of nitrogen functional groups attached to an aromatic ring is 1. The van der Waals surface area contributed by atoms with Crippen LogP contribution in [0.4, 0.5) is 18.9 Å². The van der Waals surface area contributed by atoms with Crippen LogP contribution in [0, 0.1) is 0 Å². The van der Waals surface area contributed by atoms with Gasteiger partial charge in [-0.3, -0.25) is 0 Å². The fourth-order valence-electron chi connectivity index (χ4n) is 1.68. The van der Waals surface area contributed by atoms with E-state index in [9.17, 15) is 13.2 Å². The van der Waals surface area contributed by atoms with Crippen molar-refractivity contribution in [2.45, 2.75) is 32.4 Å². The zero-order valence-electron chi connectivity index (χ0n) is 11.4. The summed E-state index contributed by atoms with van der Waals surface area (Å²) in [5.41, 5.74) is 6.42. The van der Waals surface area contributed by atoms with Crippen molar-refractivity contribution in [2.24, 2.45) is 0 Å². The number of rotatable bonds is 1. The molecular formula is C14H15F3N2S. The van der Waals surface area contributed by atoms with Gasteiger partial charge in [-0.1, -0.05) is 20.8 Å². The molecule has 108 valence electrons. The van der Waals surface area contributed by atoms with E-state index in [1.165, 1.54) is 17.4 Å². The van der Waals surface area contributed by atoms with Crippen LogP contribution in [0.2, 0.25) is 0 Å². The summed E-state index contributed by atoms with van der Waals surface area (Å²) in [6.45, 7) is 6.09. The number of alkyl halides is 3. The predicted octanol–water partition coefficient (Wildman–Crippen LogP) is 4.71. The Balaban J connectivity index is 2.42. The maximum Gasteiger partial charge on any atom is 0.416 e. The first-order chi connectivity index (χ1) is 9.09. The Kier molecular flexibility index (Phi) is 3.54. The predicted molar refractivity (Wildman–Crippen MR) is 75.7 cm³/mol. The van der Waals surface area contributed by atoms with E-state index >= 15 is 0 Å². The first-order valence-electron chi connectivity index (χ1n) is 6.02. The first kappa shape index (κ1) is 14.8. The van der Waals surface area contributed by atoms with Gasteiger partial charge >= 0.3 is 6.18 Å². The fourth-order valence-corrected chi connectivity index (χ4v) is 2.77. The normalized spacial score (nSPS) is 12.7. The highest BCUT2D eigenvalue weighted by Crippen LogP contribution is 2.36. The molecule has 0 unspecified atom stereocenters. The summed E-state index contributed by atoms with van der Waals surface area (Å²) in [5.74, 6) is 0. The van der Waals surface area contributed by atoms with Gasteiger partial charge in [0.1, 0.15) is 5.01 Å². The second-order valence-corrected chi connectivity index (χ2v) is 6.45. The number of aromatic nitrogens is 1. The monoisotopic (exact) mass is 300 g/mol. The lowest BCUT2D eigenvalue weighted by atomic mass is 9.93. The first-order valence-corrected chi connectivity index (χ1v) is 6.90. The van der Waals surface area contributed by atoms with Crippen molar-refractivity contribution in [2.75, 3.05) is 5.73 Å². The number of hydrogen-bond donors (Lipinski definition) is 1. The van der Waals surface area contributed by atoms with Crippen LogP contribution < -0.4 is 5.73 Å². The van der Waals surface area contributed by atoms with Gasteiger partial charge < -0.3 is 5.73 Å². The molecule has 20 heavy (non-hydrogen) atoms. The molecule has 0 saturated carbocycles. The zero-order chi connectivity index (χ0) is 15.1. The average Bonchev–Trinajstić information content (AvgIpc) is 2.76. The molecular weight excluding hydrogens is 285 g/mol. The highest BCUT2D eigenvalue weighted by atomic mass is 32.1. The molecule has 2 aromatic rings. The lowest BCUT2D eigenvalue weighted by molar-refractivity contribution is -0.137. The molecule has 0 spiro atoms. The summed E-state index contributed by atoms with van der Waals surface area (Å²) in [6, 6.07) is 3.36. The van der Waals surface area contributed by atoms with Gasteiger partial charge in [0.2, 0.25) is 0 Å². The molecule has 0 atom stereocenters. The van der Waals surface area contributed by atoms with Crippen molar-refractivity contribution < 1.29 is 13.2 Å². The summed E-state index contributed by atoms with van der Waals surface area (Å²) < 4.78 is 37.8. The summed E-state index contributed by atoms with van der Waals surface area (Å²) in [5, 5.41) is 2.55. The second kappa shape index (κ2) is 4.77. The Labute approximate surface area is 119 Å². The van der Waals surface area contributed by atoms with Crippen LogP contribution in [0.15, 0.2) is 23.6 Å². The lowest BCUT2D eigenvalue weighted by Crippen LogP contribution is -2.11. The maximum atomic E-state index is 12.6. The molecule has 0 fully saturated rings.